The minimum Gasteiger partial charge on any atom is -0.491 e. The summed E-state index contributed by atoms with van der Waals surface area (Å²) in [6, 6.07) is 8.48. The van der Waals surface area contributed by atoms with Crippen LogP contribution in [0.5, 0.6) is 5.75 Å². The molecule has 0 spiro atoms. The molecule has 1 unspecified atom stereocenters. The van der Waals surface area contributed by atoms with Gasteiger partial charge in [0, 0.05) is 0 Å². The Kier molecular flexibility index (Phi) is 11.2. The van der Waals surface area contributed by atoms with Crippen molar-refractivity contribution in [3.8, 4) is 5.75 Å². The predicted octanol–water partition coefficient (Wildman–Crippen LogP) is 6.87. The van der Waals surface area contributed by atoms with Crippen molar-refractivity contribution >= 4 is 0 Å². The van der Waals surface area contributed by atoms with Gasteiger partial charge in [0.15, 0.2) is 0 Å². The molecule has 0 radical (unpaired) electrons. The number of hydrogen-bond acceptors (Lipinski definition) is 2. The van der Waals surface area contributed by atoms with Gasteiger partial charge in [-0.2, -0.15) is 0 Å². The molecule has 1 aliphatic rings. The molecule has 2 rings (SSSR count). The molecule has 1 saturated heterocycles. The van der Waals surface area contributed by atoms with Gasteiger partial charge in [0.1, 0.15) is 18.5 Å². The van der Waals surface area contributed by atoms with E-state index < -0.39 is 0 Å². The predicted molar refractivity (Wildman–Crippen MR) is 111 cm³/mol. The zero-order valence-electron chi connectivity index (χ0n) is 16.8. The van der Waals surface area contributed by atoms with Gasteiger partial charge in [-0.3, -0.25) is 0 Å². The van der Waals surface area contributed by atoms with Gasteiger partial charge in [0.2, 0.25) is 0 Å². The zero-order valence-corrected chi connectivity index (χ0v) is 16.8. The molecule has 0 aromatic heterocycles. The van der Waals surface area contributed by atoms with Crippen LogP contribution < -0.4 is 4.74 Å². The summed E-state index contributed by atoms with van der Waals surface area (Å²) in [5.41, 5.74) is 1.35. The summed E-state index contributed by atoms with van der Waals surface area (Å²) in [6.07, 6.45) is 20.9. The first-order valence-electron chi connectivity index (χ1n) is 10.9. The number of allylic oxidation sites excluding steroid dienone is 2. The summed E-state index contributed by atoms with van der Waals surface area (Å²) in [7, 11) is 0. The number of unbranched alkanes of at least 4 members (excludes halogenated alkanes) is 9. The largest absolute Gasteiger partial charge is 0.491 e. The molecule has 2 nitrogen and oxygen atoms in total. The van der Waals surface area contributed by atoms with Crippen LogP contribution in [0.4, 0.5) is 0 Å². The lowest BCUT2D eigenvalue weighted by molar-refractivity contribution is 0.261. The number of epoxide rings is 1. The van der Waals surface area contributed by atoms with Crippen LogP contribution in [0.25, 0.3) is 0 Å². The van der Waals surface area contributed by atoms with E-state index in [9.17, 15) is 0 Å². The summed E-state index contributed by atoms with van der Waals surface area (Å²) in [5.74, 6) is 1.05. The van der Waals surface area contributed by atoms with Crippen molar-refractivity contribution in [2.24, 2.45) is 0 Å². The highest BCUT2D eigenvalue weighted by Gasteiger charge is 2.23. The van der Waals surface area contributed by atoms with Crippen LogP contribution in [0.3, 0.4) is 0 Å². The van der Waals surface area contributed by atoms with E-state index in [-0.39, 0.29) is 0 Å². The molecular weight excluding hydrogens is 320 g/mol. The Hall–Kier alpha value is -1.28. The van der Waals surface area contributed by atoms with Crippen molar-refractivity contribution in [2.45, 2.75) is 90.1 Å². The van der Waals surface area contributed by atoms with Gasteiger partial charge in [-0.25, -0.2) is 0 Å². The third-order valence-electron chi connectivity index (χ3n) is 5.02. The van der Waals surface area contributed by atoms with Crippen LogP contribution >= 0.6 is 0 Å². The molecule has 1 aromatic carbocycles. The van der Waals surface area contributed by atoms with Crippen molar-refractivity contribution in [1.82, 2.24) is 0 Å². The van der Waals surface area contributed by atoms with Gasteiger partial charge in [0.05, 0.1) is 6.61 Å². The van der Waals surface area contributed by atoms with Gasteiger partial charge in [-0.05, 0) is 43.7 Å². The Morgan fingerprint density at radius 3 is 2.27 bits per heavy atom. The van der Waals surface area contributed by atoms with Gasteiger partial charge in [-0.1, -0.05) is 82.2 Å². The Balaban J connectivity index is 1.42. The number of hydrogen-bond donors (Lipinski definition) is 0. The van der Waals surface area contributed by atoms with Crippen LogP contribution in [0.15, 0.2) is 36.4 Å². The maximum atomic E-state index is 5.90. The molecule has 0 saturated carbocycles. The van der Waals surface area contributed by atoms with Gasteiger partial charge >= 0.3 is 0 Å². The molecule has 0 bridgehead atoms. The molecule has 0 N–H and O–H groups in total. The maximum absolute atomic E-state index is 5.90. The Morgan fingerprint density at radius 2 is 1.58 bits per heavy atom. The minimum atomic E-state index is 0.330. The van der Waals surface area contributed by atoms with Crippen molar-refractivity contribution in [3.63, 3.8) is 0 Å². The molecule has 146 valence electrons. The molecular formula is C24H38O2. The Morgan fingerprint density at radius 1 is 0.923 bits per heavy atom. The van der Waals surface area contributed by atoms with E-state index in [2.05, 4.69) is 43.3 Å². The third kappa shape index (κ3) is 10.0. The van der Waals surface area contributed by atoms with Gasteiger partial charge in [-0.15, -0.1) is 0 Å². The molecule has 1 fully saturated rings. The zero-order chi connectivity index (χ0) is 18.3. The summed E-state index contributed by atoms with van der Waals surface area (Å²) >= 11 is 0. The van der Waals surface area contributed by atoms with E-state index in [1.54, 1.807) is 0 Å². The molecule has 1 atom stereocenters. The van der Waals surface area contributed by atoms with Gasteiger partial charge in [0.25, 0.3) is 0 Å². The fourth-order valence-electron chi connectivity index (χ4n) is 3.30. The molecule has 1 aromatic rings. The minimum absolute atomic E-state index is 0.330. The lowest BCUT2D eigenvalue weighted by Crippen LogP contribution is -2.05. The molecule has 1 aliphatic heterocycles. The highest BCUT2D eigenvalue weighted by molar-refractivity contribution is 5.33. The number of aryl methyl sites for hydroxylation is 1. The number of para-hydroxylation sites is 1. The number of ether oxygens (including phenoxy) is 2. The van der Waals surface area contributed by atoms with Crippen LogP contribution in [0, 0.1) is 0 Å². The monoisotopic (exact) mass is 358 g/mol. The highest BCUT2D eigenvalue weighted by atomic mass is 16.6. The van der Waals surface area contributed by atoms with Crippen molar-refractivity contribution in [1.29, 1.82) is 0 Å². The smallest absolute Gasteiger partial charge is 0.122 e. The van der Waals surface area contributed by atoms with E-state index in [1.807, 2.05) is 0 Å². The lowest BCUT2D eigenvalue weighted by atomic mass is 10.0. The second-order valence-corrected chi connectivity index (χ2v) is 7.47. The quantitative estimate of drug-likeness (QED) is 0.183. The third-order valence-corrected chi connectivity index (χ3v) is 5.02. The average Bonchev–Trinajstić information content (AvgIpc) is 3.49. The van der Waals surface area contributed by atoms with Crippen LogP contribution in [-0.2, 0) is 11.2 Å². The normalized spacial score (nSPS) is 16.3. The van der Waals surface area contributed by atoms with Crippen LogP contribution in [0.2, 0.25) is 0 Å². The Labute approximate surface area is 161 Å². The first-order valence-corrected chi connectivity index (χ1v) is 10.9. The first kappa shape index (κ1) is 21.0. The summed E-state index contributed by atoms with van der Waals surface area (Å²) in [6.45, 7) is 3.76. The molecule has 26 heavy (non-hydrogen) atoms. The SMILES string of the molecule is CC/C=C/CCCCCCCCCCCc1ccccc1OCC1CO1. The maximum Gasteiger partial charge on any atom is 0.122 e. The molecule has 0 aliphatic carbocycles. The van der Waals surface area contributed by atoms with Crippen molar-refractivity contribution in [3.05, 3.63) is 42.0 Å². The number of rotatable bonds is 16. The van der Waals surface area contributed by atoms with E-state index in [1.165, 1.54) is 76.2 Å². The van der Waals surface area contributed by atoms with E-state index in [4.69, 9.17) is 9.47 Å². The first-order chi connectivity index (χ1) is 12.9. The topological polar surface area (TPSA) is 21.8 Å². The van der Waals surface area contributed by atoms with Crippen molar-refractivity contribution < 1.29 is 9.47 Å². The van der Waals surface area contributed by atoms with Gasteiger partial charge < -0.3 is 9.47 Å². The van der Waals surface area contributed by atoms with E-state index in [0.29, 0.717) is 12.7 Å². The Bertz CT molecular complexity index is 491. The van der Waals surface area contributed by atoms with Crippen LogP contribution in [0.1, 0.15) is 83.1 Å². The summed E-state index contributed by atoms with van der Waals surface area (Å²) in [5, 5.41) is 0. The summed E-state index contributed by atoms with van der Waals surface area (Å²) < 4.78 is 11.1. The standard InChI is InChI=1S/C24H38O2/c1-2-3-4-5-6-7-8-9-10-11-12-13-14-17-22-18-15-16-19-24(22)26-21-23-20-25-23/h3-4,15-16,18-19,23H,2,5-14,17,20-21H2,1H3/b4-3+. The second-order valence-electron chi connectivity index (χ2n) is 7.47. The molecule has 0 amide bonds. The fourth-order valence-corrected chi connectivity index (χ4v) is 3.30. The molecule has 2 heteroatoms. The van der Waals surface area contributed by atoms with Crippen molar-refractivity contribution in [2.75, 3.05) is 13.2 Å². The summed E-state index contributed by atoms with van der Waals surface area (Å²) in [4.78, 5) is 0. The fraction of sp³-hybridized carbons (Fsp3) is 0.667. The second kappa shape index (κ2) is 13.9. The average molecular weight is 359 g/mol. The highest BCUT2D eigenvalue weighted by Crippen LogP contribution is 2.22. The lowest BCUT2D eigenvalue weighted by Gasteiger charge is -2.10. The van der Waals surface area contributed by atoms with E-state index in [0.717, 1.165) is 18.8 Å². The number of benzene rings is 1. The van der Waals surface area contributed by atoms with Crippen LogP contribution in [-0.4, -0.2) is 19.3 Å². The molecule has 1 heterocycles. The van der Waals surface area contributed by atoms with E-state index >= 15 is 0 Å².